The number of para-hydroxylation sites is 3. The Balaban J connectivity index is 1.33. The molecule has 2 aromatic heterocycles. The summed E-state index contributed by atoms with van der Waals surface area (Å²) >= 11 is 3.43. The number of aryl methyl sites for hydroxylation is 1. The van der Waals surface area contributed by atoms with E-state index in [1.807, 2.05) is 54.6 Å². The lowest BCUT2D eigenvalue weighted by molar-refractivity contribution is -0.116. The summed E-state index contributed by atoms with van der Waals surface area (Å²) in [4.78, 5) is 20.3. The minimum Gasteiger partial charge on any atom is -0.457 e. The highest BCUT2D eigenvalue weighted by molar-refractivity contribution is 7.23. The van der Waals surface area contributed by atoms with Crippen molar-refractivity contribution in [3.8, 4) is 22.1 Å². The Kier molecular flexibility index (Phi) is 4.96. The first kappa shape index (κ1) is 20.9. The van der Waals surface area contributed by atoms with Crippen LogP contribution in [0, 0.1) is 0 Å². The third kappa shape index (κ3) is 3.48. The summed E-state index contributed by atoms with van der Waals surface area (Å²) in [7, 11) is 0. The maximum absolute atomic E-state index is 14.0. The number of hydrogen-bond acceptors (Lipinski definition) is 5. The summed E-state index contributed by atoms with van der Waals surface area (Å²) in [5, 5.41) is 5.27. The van der Waals surface area contributed by atoms with Gasteiger partial charge >= 0.3 is 0 Å². The van der Waals surface area contributed by atoms with E-state index in [4.69, 9.17) is 9.72 Å². The van der Waals surface area contributed by atoms with E-state index in [0.717, 1.165) is 56.6 Å². The van der Waals surface area contributed by atoms with Gasteiger partial charge in [0.05, 0.1) is 16.1 Å². The predicted molar refractivity (Wildman–Crippen MR) is 143 cm³/mol. The predicted octanol–water partition coefficient (Wildman–Crippen LogP) is 7.78. The molecule has 0 saturated heterocycles. The quantitative estimate of drug-likeness (QED) is 0.279. The van der Waals surface area contributed by atoms with Crippen molar-refractivity contribution in [2.24, 2.45) is 0 Å². The van der Waals surface area contributed by atoms with Gasteiger partial charge in [-0.3, -0.25) is 4.79 Å². The molecule has 6 heteroatoms. The van der Waals surface area contributed by atoms with Crippen LogP contribution in [0.1, 0.15) is 40.3 Å². The Bertz CT molecular complexity index is 1520. The number of nitrogens with zero attached hydrogens (tertiary/aromatic N) is 1. The molecule has 0 bridgehead atoms. The van der Waals surface area contributed by atoms with E-state index in [9.17, 15) is 4.79 Å². The second kappa shape index (κ2) is 8.33. The van der Waals surface area contributed by atoms with Gasteiger partial charge in [0.15, 0.2) is 0 Å². The van der Waals surface area contributed by atoms with Crippen molar-refractivity contribution in [2.45, 2.75) is 31.6 Å². The Morgan fingerprint density at radius 3 is 2.31 bits per heavy atom. The van der Waals surface area contributed by atoms with E-state index < -0.39 is 5.92 Å². The van der Waals surface area contributed by atoms with E-state index in [2.05, 4.69) is 23.5 Å². The number of benzene rings is 3. The Morgan fingerprint density at radius 1 is 0.857 bits per heavy atom. The van der Waals surface area contributed by atoms with E-state index in [-0.39, 0.29) is 5.91 Å². The minimum atomic E-state index is -0.432. The fourth-order valence-corrected chi connectivity index (χ4v) is 7.64. The first-order valence-corrected chi connectivity index (χ1v) is 13.6. The number of anilines is 1. The average Bonchev–Trinajstić information content (AvgIpc) is 3.47. The molecule has 3 aromatic carbocycles. The number of carbonyl (C=O) groups excluding carboxylic acids is 1. The van der Waals surface area contributed by atoms with E-state index >= 15 is 0 Å². The lowest BCUT2D eigenvalue weighted by Crippen LogP contribution is -2.24. The van der Waals surface area contributed by atoms with Crippen LogP contribution in [0.2, 0.25) is 0 Å². The number of amides is 1. The van der Waals surface area contributed by atoms with Crippen LogP contribution in [0.3, 0.4) is 0 Å². The smallest absolute Gasteiger partial charge is 0.237 e. The Morgan fingerprint density at radius 2 is 1.54 bits per heavy atom. The number of thiazole rings is 1. The van der Waals surface area contributed by atoms with Gasteiger partial charge in [-0.25, -0.2) is 4.98 Å². The second-order valence-electron chi connectivity index (χ2n) is 9.00. The van der Waals surface area contributed by atoms with Crippen LogP contribution < -0.4 is 10.1 Å². The number of aromatic nitrogens is 1. The summed E-state index contributed by atoms with van der Waals surface area (Å²) < 4.78 is 7.28. The van der Waals surface area contributed by atoms with E-state index in [0.29, 0.717) is 0 Å². The molecule has 1 amide bonds. The number of fused-ring (bicyclic) bond motifs is 4. The molecule has 7 rings (SSSR count). The molecular formula is C29H22N2O2S2. The molecule has 172 valence electrons. The Hall–Kier alpha value is -3.48. The van der Waals surface area contributed by atoms with Crippen LogP contribution in [0.15, 0.2) is 72.8 Å². The van der Waals surface area contributed by atoms with Gasteiger partial charge in [-0.05, 0) is 55.5 Å². The van der Waals surface area contributed by atoms with Gasteiger partial charge in [-0.15, -0.1) is 22.7 Å². The van der Waals surface area contributed by atoms with Crippen LogP contribution in [0.25, 0.3) is 20.8 Å². The first-order chi connectivity index (χ1) is 17.3. The molecule has 0 spiro atoms. The molecular weight excluding hydrogens is 472 g/mol. The SMILES string of the molecule is O=C(Nc1sc2c(c1-c1nc3ccccc3s1)CCCC2)C1c2ccccc2Oc2ccccc21. The maximum atomic E-state index is 14.0. The van der Waals surface area contributed by atoms with Crippen molar-refractivity contribution < 1.29 is 9.53 Å². The normalized spacial score (nSPS) is 14.6. The van der Waals surface area contributed by atoms with Crippen LogP contribution in [-0.2, 0) is 17.6 Å². The fourth-order valence-electron chi connectivity index (χ4n) is 5.24. The van der Waals surface area contributed by atoms with Crippen LogP contribution in [0.4, 0.5) is 5.00 Å². The average molecular weight is 495 g/mol. The number of nitrogens with one attached hydrogen (secondary N) is 1. The Labute approximate surface area is 211 Å². The van der Waals surface area contributed by atoms with Gasteiger partial charge in [-0.2, -0.15) is 0 Å². The molecule has 0 atom stereocenters. The highest BCUT2D eigenvalue weighted by atomic mass is 32.1. The summed E-state index contributed by atoms with van der Waals surface area (Å²) in [6, 6.07) is 23.9. The number of thiophene rings is 1. The van der Waals surface area contributed by atoms with Gasteiger partial charge in [-0.1, -0.05) is 48.5 Å². The van der Waals surface area contributed by atoms with Gasteiger partial charge < -0.3 is 10.1 Å². The molecule has 0 fully saturated rings. The molecule has 2 aliphatic rings. The van der Waals surface area contributed by atoms with Crippen molar-refractivity contribution in [1.82, 2.24) is 4.98 Å². The zero-order valence-electron chi connectivity index (χ0n) is 18.9. The minimum absolute atomic E-state index is 0.0332. The van der Waals surface area contributed by atoms with Gasteiger partial charge in [0.2, 0.25) is 5.91 Å². The third-order valence-corrected chi connectivity index (χ3v) is 9.12. The highest BCUT2D eigenvalue weighted by Crippen LogP contribution is 2.48. The third-order valence-electron chi connectivity index (χ3n) is 6.86. The number of ether oxygens (including phenoxy) is 1. The standard InChI is InChI=1S/C29H22N2O2S2/c32-27(25-17-9-1-5-13-21(17)33-22-14-6-2-10-18(22)25)31-29-26(19-11-3-7-15-23(19)34-29)28-30-20-12-4-8-16-24(20)35-28/h1-2,4-6,8-10,12-14,16,25H,3,7,11,15H2,(H,31,32). The largest absolute Gasteiger partial charge is 0.457 e. The molecule has 0 radical (unpaired) electrons. The van der Waals surface area contributed by atoms with Crippen molar-refractivity contribution in [2.75, 3.05) is 5.32 Å². The molecule has 1 N–H and O–H groups in total. The zero-order chi connectivity index (χ0) is 23.4. The topological polar surface area (TPSA) is 51.2 Å². The zero-order valence-corrected chi connectivity index (χ0v) is 20.5. The molecule has 3 heterocycles. The fraction of sp³-hybridized carbons (Fsp3) is 0.172. The lowest BCUT2D eigenvalue weighted by atomic mass is 9.87. The molecule has 35 heavy (non-hydrogen) atoms. The molecule has 1 aliphatic carbocycles. The number of carbonyl (C=O) groups is 1. The second-order valence-corrected chi connectivity index (χ2v) is 11.1. The monoisotopic (exact) mass is 494 g/mol. The maximum Gasteiger partial charge on any atom is 0.237 e. The van der Waals surface area contributed by atoms with Gasteiger partial charge in [0.1, 0.15) is 21.5 Å². The number of hydrogen-bond donors (Lipinski definition) is 1. The van der Waals surface area contributed by atoms with E-state index in [1.165, 1.54) is 28.0 Å². The molecule has 0 unspecified atom stereocenters. The molecule has 1 aliphatic heterocycles. The van der Waals surface area contributed by atoms with Crippen molar-refractivity contribution in [3.05, 3.63) is 94.4 Å². The molecule has 5 aromatic rings. The van der Waals surface area contributed by atoms with E-state index in [1.54, 1.807) is 22.7 Å². The lowest BCUT2D eigenvalue weighted by Gasteiger charge is -2.27. The summed E-state index contributed by atoms with van der Waals surface area (Å²) in [6.07, 6.45) is 4.48. The number of rotatable bonds is 3. The summed E-state index contributed by atoms with van der Waals surface area (Å²) in [6.45, 7) is 0. The van der Waals surface area contributed by atoms with Crippen molar-refractivity contribution in [1.29, 1.82) is 0 Å². The molecule has 0 saturated carbocycles. The van der Waals surface area contributed by atoms with Gasteiger partial charge in [0.25, 0.3) is 0 Å². The summed E-state index contributed by atoms with van der Waals surface area (Å²) in [5.41, 5.74) is 5.28. The van der Waals surface area contributed by atoms with Crippen molar-refractivity contribution >= 4 is 43.8 Å². The summed E-state index contributed by atoms with van der Waals surface area (Å²) in [5.74, 6) is 1.01. The van der Waals surface area contributed by atoms with Crippen LogP contribution >= 0.6 is 22.7 Å². The highest BCUT2D eigenvalue weighted by Gasteiger charge is 2.34. The van der Waals surface area contributed by atoms with Crippen molar-refractivity contribution in [3.63, 3.8) is 0 Å². The van der Waals surface area contributed by atoms with Crippen LogP contribution in [0.5, 0.6) is 11.5 Å². The first-order valence-electron chi connectivity index (χ1n) is 11.9. The van der Waals surface area contributed by atoms with Gasteiger partial charge in [0, 0.05) is 21.6 Å². The van der Waals surface area contributed by atoms with Crippen LogP contribution in [-0.4, -0.2) is 10.9 Å². The molecule has 4 nitrogen and oxygen atoms in total.